The lowest BCUT2D eigenvalue weighted by Gasteiger charge is -2.20. The Morgan fingerprint density at radius 2 is 1.87 bits per heavy atom. The maximum atomic E-state index is 11.6. The molecule has 2 N–H and O–H groups in total. The minimum atomic E-state index is -0.0917. The Morgan fingerprint density at radius 1 is 1.20 bits per heavy atom. The van der Waals surface area contributed by atoms with Crippen LogP contribution >= 0.6 is 0 Å². The van der Waals surface area contributed by atoms with E-state index in [1.54, 1.807) is 0 Å². The summed E-state index contributed by atoms with van der Waals surface area (Å²) in [6, 6.07) is 0.268. The van der Waals surface area contributed by atoms with E-state index < -0.39 is 0 Å². The molecule has 0 fully saturated rings. The van der Waals surface area contributed by atoms with E-state index in [2.05, 4.69) is 24.5 Å². The molecule has 0 bridgehead atoms. The maximum absolute atomic E-state index is 11.6. The highest BCUT2D eigenvalue weighted by Crippen LogP contribution is 2.06. The number of unbranched alkanes of at least 4 members (excludes halogenated alkanes) is 1. The van der Waals surface area contributed by atoms with Gasteiger partial charge >= 0.3 is 0 Å². The van der Waals surface area contributed by atoms with Crippen LogP contribution in [-0.4, -0.2) is 25.0 Å². The molecule has 0 heterocycles. The molecular weight excluding hydrogens is 188 g/mol. The Balaban J connectivity index is 3.97. The number of hydrogen-bond acceptors (Lipinski definition) is 2. The van der Waals surface area contributed by atoms with Crippen molar-refractivity contribution in [3.8, 4) is 0 Å². The molecule has 0 aromatic carbocycles. The zero-order valence-corrected chi connectivity index (χ0v) is 10.6. The number of nitrogens with one attached hydrogen (secondary N) is 2. The van der Waals surface area contributed by atoms with E-state index in [1.165, 1.54) is 12.8 Å². The summed E-state index contributed by atoms with van der Waals surface area (Å²) in [7, 11) is 1.81. The van der Waals surface area contributed by atoms with Crippen molar-refractivity contribution in [1.29, 1.82) is 0 Å². The molecule has 2 atom stereocenters. The molecule has 15 heavy (non-hydrogen) atoms. The normalized spacial score (nSPS) is 14.7. The van der Waals surface area contributed by atoms with E-state index >= 15 is 0 Å². The largest absolute Gasteiger partial charge is 0.352 e. The fourth-order valence-corrected chi connectivity index (χ4v) is 1.54. The molecule has 1 amide bonds. The lowest BCUT2D eigenvalue weighted by Crippen LogP contribution is -2.45. The van der Waals surface area contributed by atoms with Crippen molar-refractivity contribution in [3.63, 3.8) is 0 Å². The van der Waals surface area contributed by atoms with Gasteiger partial charge in [-0.3, -0.25) is 4.79 Å². The van der Waals surface area contributed by atoms with Gasteiger partial charge in [-0.15, -0.1) is 0 Å². The monoisotopic (exact) mass is 214 g/mol. The topological polar surface area (TPSA) is 41.1 Å². The lowest BCUT2D eigenvalue weighted by molar-refractivity contribution is -0.123. The Labute approximate surface area is 94.0 Å². The van der Waals surface area contributed by atoms with E-state index in [-0.39, 0.29) is 11.9 Å². The Morgan fingerprint density at radius 3 is 2.33 bits per heavy atom. The van der Waals surface area contributed by atoms with Crippen molar-refractivity contribution < 1.29 is 4.79 Å². The van der Waals surface area contributed by atoms with Crippen molar-refractivity contribution in [2.45, 2.75) is 65.0 Å². The SMILES string of the molecule is CCCCC(CCC)NC(=O)C(C)NC. The third-order valence-electron chi connectivity index (χ3n) is 2.72. The molecule has 0 aliphatic heterocycles. The third kappa shape index (κ3) is 6.50. The van der Waals surface area contributed by atoms with Gasteiger partial charge in [-0.05, 0) is 26.8 Å². The van der Waals surface area contributed by atoms with E-state index in [1.807, 2.05) is 14.0 Å². The molecule has 0 aliphatic rings. The average Bonchev–Trinajstić information content (AvgIpc) is 2.24. The third-order valence-corrected chi connectivity index (χ3v) is 2.72. The van der Waals surface area contributed by atoms with Crippen LogP contribution in [0.25, 0.3) is 0 Å². The fourth-order valence-electron chi connectivity index (χ4n) is 1.54. The summed E-state index contributed by atoms with van der Waals surface area (Å²) in [6.07, 6.45) is 5.70. The van der Waals surface area contributed by atoms with Crippen LogP contribution in [-0.2, 0) is 4.79 Å². The van der Waals surface area contributed by atoms with Gasteiger partial charge in [0, 0.05) is 6.04 Å². The Kier molecular flexibility index (Phi) is 8.38. The zero-order chi connectivity index (χ0) is 11.7. The predicted octanol–water partition coefficient (Wildman–Crippen LogP) is 2.07. The summed E-state index contributed by atoms with van der Waals surface area (Å²) < 4.78 is 0. The summed E-state index contributed by atoms with van der Waals surface area (Å²) >= 11 is 0. The van der Waals surface area contributed by atoms with Gasteiger partial charge in [0.1, 0.15) is 0 Å². The maximum Gasteiger partial charge on any atom is 0.237 e. The van der Waals surface area contributed by atoms with Crippen molar-refractivity contribution in [3.05, 3.63) is 0 Å². The molecule has 0 aliphatic carbocycles. The van der Waals surface area contributed by atoms with Crippen LogP contribution in [0.15, 0.2) is 0 Å². The summed E-state index contributed by atoms with van der Waals surface area (Å²) in [5, 5.41) is 6.06. The van der Waals surface area contributed by atoms with Crippen LogP contribution in [0.1, 0.15) is 52.9 Å². The molecule has 0 aromatic rings. The van der Waals surface area contributed by atoms with Gasteiger partial charge in [-0.2, -0.15) is 0 Å². The standard InChI is InChI=1S/C12H26N2O/c1-5-7-9-11(8-6-2)14-12(15)10(3)13-4/h10-11,13H,5-9H2,1-4H3,(H,14,15). The molecule has 0 saturated carbocycles. The predicted molar refractivity (Wildman–Crippen MR) is 64.9 cm³/mol. The highest BCUT2D eigenvalue weighted by Gasteiger charge is 2.14. The van der Waals surface area contributed by atoms with Gasteiger partial charge < -0.3 is 10.6 Å². The average molecular weight is 214 g/mol. The minimum absolute atomic E-state index is 0.0917. The van der Waals surface area contributed by atoms with E-state index in [9.17, 15) is 4.79 Å². The molecule has 2 unspecified atom stereocenters. The first-order valence-corrected chi connectivity index (χ1v) is 6.13. The smallest absolute Gasteiger partial charge is 0.237 e. The quantitative estimate of drug-likeness (QED) is 0.649. The Hall–Kier alpha value is -0.570. The van der Waals surface area contributed by atoms with Crippen molar-refractivity contribution in [2.75, 3.05) is 7.05 Å². The summed E-state index contributed by atoms with van der Waals surface area (Å²) in [5.41, 5.74) is 0. The van der Waals surface area contributed by atoms with Gasteiger partial charge in [-0.25, -0.2) is 0 Å². The number of hydrogen-bond donors (Lipinski definition) is 2. The van der Waals surface area contributed by atoms with Gasteiger partial charge in [-0.1, -0.05) is 33.1 Å². The van der Waals surface area contributed by atoms with E-state index in [0.717, 1.165) is 19.3 Å². The van der Waals surface area contributed by atoms with Crippen molar-refractivity contribution >= 4 is 5.91 Å². The van der Waals surface area contributed by atoms with Gasteiger partial charge in [0.2, 0.25) is 5.91 Å². The first kappa shape index (κ1) is 14.4. The second-order valence-electron chi connectivity index (χ2n) is 4.15. The van der Waals surface area contributed by atoms with E-state index in [0.29, 0.717) is 6.04 Å². The number of carbonyl (C=O) groups excluding carboxylic acids is 1. The van der Waals surface area contributed by atoms with Crippen LogP contribution in [0.2, 0.25) is 0 Å². The van der Waals surface area contributed by atoms with Crippen LogP contribution in [0.3, 0.4) is 0 Å². The first-order chi connectivity index (χ1) is 7.15. The van der Waals surface area contributed by atoms with E-state index in [4.69, 9.17) is 0 Å². The Bertz CT molecular complexity index is 171. The van der Waals surface area contributed by atoms with Gasteiger partial charge in [0.25, 0.3) is 0 Å². The number of likely N-dealkylation sites (N-methyl/N-ethyl adjacent to an activating group) is 1. The van der Waals surface area contributed by atoms with Crippen LogP contribution in [0, 0.1) is 0 Å². The zero-order valence-electron chi connectivity index (χ0n) is 10.6. The summed E-state index contributed by atoms with van der Waals surface area (Å²) in [5.74, 6) is 0.118. The number of carbonyl (C=O) groups is 1. The number of rotatable bonds is 8. The summed E-state index contributed by atoms with van der Waals surface area (Å²) in [6.45, 7) is 6.23. The molecule has 0 aromatic heterocycles. The van der Waals surface area contributed by atoms with Crippen LogP contribution in [0.4, 0.5) is 0 Å². The molecule has 0 rings (SSSR count). The molecule has 90 valence electrons. The second-order valence-corrected chi connectivity index (χ2v) is 4.15. The lowest BCUT2D eigenvalue weighted by atomic mass is 10.0. The molecule has 0 saturated heterocycles. The highest BCUT2D eigenvalue weighted by atomic mass is 16.2. The molecular formula is C12H26N2O. The molecule has 3 heteroatoms. The van der Waals surface area contributed by atoms with Crippen LogP contribution in [0.5, 0.6) is 0 Å². The fraction of sp³-hybridized carbons (Fsp3) is 0.917. The van der Waals surface area contributed by atoms with Crippen LogP contribution < -0.4 is 10.6 Å². The van der Waals surface area contributed by atoms with Crippen molar-refractivity contribution in [1.82, 2.24) is 10.6 Å². The molecule has 0 spiro atoms. The first-order valence-electron chi connectivity index (χ1n) is 6.13. The highest BCUT2D eigenvalue weighted by molar-refractivity contribution is 5.81. The molecule has 0 radical (unpaired) electrons. The van der Waals surface area contributed by atoms with Gasteiger partial charge in [0.15, 0.2) is 0 Å². The molecule has 3 nitrogen and oxygen atoms in total. The number of amides is 1. The van der Waals surface area contributed by atoms with Crippen molar-refractivity contribution in [2.24, 2.45) is 0 Å². The second kappa shape index (κ2) is 8.72. The minimum Gasteiger partial charge on any atom is -0.352 e. The summed E-state index contributed by atoms with van der Waals surface area (Å²) in [4.78, 5) is 11.6. The van der Waals surface area contributed by atoms with Gasteiger partial charge in [0.05, 0.1) is 6.04 Å².